The van der Waals surface area contributed by atoms with E-state index in [-0.39, 0.29) is 17.7 Å². The molecule has 1 atom stereocenters. The number of hydrogen-bond acceptors (Lipinski definition) is 5. The van der Waals surface area contributed by atoms with Gasteiger partial charge in [0.05, 0.1) is 6.42 Å². The molecule has 3 aliphatic rings. The van der Waals surface area contributed by atoms with Crippen LogP contribution in [0.25, 0.3) is 0 Å². The zero-order chi connectivity index (χ0) is 19.6. The summed E-state index contributed by atoms with van der Waals surface area (Å²) in [6.45, 7) is 2.22. The lowest BCUT2D eigenvalue weighted by atomic mass is 9.63. The first-order valence-corrected chi connectivity index (χ1v) is 10.3. The summed E-state index contributed by atoms with van der Waals surface area (Å²) < 4.78 is 1.94. The smallest absolute Gasteiger partial charge is 0.322 e. The number of imide groups is 1. The summed E-state index contributed by atoms with van der Waals surface area (Å²) in [6, 6.07) is -1.27. The molecule has 2 aliphatic heterocycles. The van der Waals surface area contributed by atoms with Crippen molar-refractivity contribution in [3.05, 3.63) is 12.7 Å². The number of aromatic nitrogens is 3. The predicted octanol–water partition coefficient (Wildman–Crippen LogP) is 1.07. The second-order valence-corrected chi connectivity index (χ2v) is 8.39. The molecule has 2 N–H and O–H groups in total. The number of urea groups is 1. The van der Waals surface area contributed by atoms with Crippen molar-refractivity contribution in [3.8, 4) is 0 Å². The molecule has 28 heavy (non-hydrogen) atoms. The third-order valence-corrected chi connectivity index (χ3v) is 6.76. The van der Waals surface area contributed by atoms with Crippen molar-refractivity contribution in [3.63, 3.8) is 0 Å². The van der Waals surface area contributed by atoms with Crippen molar-refractivity contribution in [2.24, 2.45) is 11.3 Å². The second kappa shape index (κ2) is 7.89. The number of likely N-dealkylation sites (tertiary alicyclic amines) is 1. The Morgan fingerprint density at radius 3 is 2.54 bits per heavy atom. The third-order valence-electron chi connectivity index (χ3n) is 6.76. The first kappa shape index (κ1) is 18.9. The number of hydrogen-bond donors (Lipinski definition) is 2. The molecule has 0 radical (unpaired) electrons. The van der Waals surface area contributed by atoms with E-state index in [1.165, 1.54) is 32.1 Å². The molecule has 3 fully saturated rings. The van der Waals surface area contributed by atoms with Gasteiger partial charge in [0.25, 0.3) is 5.91 Å². The van der Waals surface area contributed by atoms with Gasteiger partial charge in [-0.2, -0.15) is 5.10 Å². The van der Waals surface area contributed by atoms with Gasteiger partial charge < -0.3 is 10.2 Å². The van der Waals surface area contributed by atoms with Crippen LogP contribution >= 0.6 is 0 Å². The van der Waals surface area contributed by atoms with E-state index in [4.69, 9.17) is 0 Å². The molecule has 0 spiro atoms. The number of nitrogens with zero attached hydrogens (tertiary/aromatic N) is 4. The Hall–Kier alpha value is -2.45. The molecular weight excluding hydrogens is 360 g/mol. The van der Waals surface area contributed by atoms with Gasteiger partial charge in [-0.25, -0.2) is 9.78 Å². The Balaban J connectivity index is 1.40. The van der Waals surface area contributed by atoms with Crippen LogP contribution in [0.15, 0.2) is 12.7 Å². The molecule has 9 nitrogen and oxygen atoms in total. The van der Waals surface area contributed by atoms with Crippen LogP contribution in [0.1, 0.15) is 51.4 Å². The summed E-state index contributed by atoms with van der Waals surface area (Å²) in [4.78, 5) is 41.6. The van der Waals surface area contributed by atoms with Gasteiger partial charge in [0.15, 0.2) is 0 Å². The lowest BCUT2D eigenvalue weighted by molar-refractivity contribution is -0.137. The molecule has 1 aromatic rings. The zero-order valence-electron chi connectivity index (χ0n) is 16.1. The third kappa shape index (κ3) is 3.88. The first-order valence-electron chi connectivity index (χ1n) is 10.3. The van der Waals surface area contributed by atoms with Crippen molar-refractivity contribution in [2.75, 3.05) is 13.1 Å². The van der Waals surface area contributed by atoms with Crippen LogP contribution in [-0.4, -0.2) is 56.6 Å². The fourth-order valence-electron chi connectivity index (χ4n) is 5.16. The van der Waals surface area contributed by atoms with Gasteiger partial charge in [0, 0.05) is 19.6 Å². The van der Waals surface area contributed by atoms with Gasteiger partial charge >= 0.3 is 6.03 Å². The van der Waals surface area contributed by atoms with Crippen molar-refractivity contribution < 1.29 is 14.4 Å². The standard InChI is InChI=1S/C19H28N6O3/c26-16(10-15-17(27)23-18(28)22-15)24-8-6-19(7-9-24,11-25-13-20-12-21-25)14-4-2-1-3-5-14/h12-15H,1-11H2,(H2,22,23,27,28). The molecule has 0 aromatic carbocycles. The van der Waals surface area contributed by atoms with E-state index >= 15 is 0 Å². The maximum Gasteiger partial charge on any atom is 0.322 e. The van der Waals surface area contributed by atoms with Crippen LogP contribution in [0.2, 0.25) is 0 Å². The van der Waals surface area contributed by atoms with Gasteiger partial charge in [-0.3, -0.25) is 19.6 Å². The quantitative estimate of drug-likeness (QED) is 0.733. The van der Waals surface area contributed by atoms with Crippen LogP contribution in [0.4, 0.5) is 4.79 Å². The lowest BCUT2D eigenvalue weighted by Crippen LogP contribution is -2.49. The first-order chi connectivity index (χ1) is 13.6. The summed E-state index contributed by atoms with van der Waals surface area (Å²) in [5.74, 6) is 0.168. The van der Waals surface area contributed by atoms with Crippen LogP contribution in [0.3, 0.4) is 0 Å². The van der Waals surface area contributed by atoms with E-state index in [1.54, 1.807) is 12.7 Å². The Labute approximate surface area is 164 Å². The molecule has 1 saturated carbocycles. The number of carbonyl (C=O) groups excluding carboxylic acids is 3. The lowest BCUT2D eigenvalue weighted by Gasteiger charge is -2.48. The van der Waals surface area contributed by atoms with E-state index in [2.05, 4.69) is 20.7 Å². The van der Waals surface area contributed by atoms with E-state index < -0.39 is 18.0 Å². The largest absolute Gasteiger partial charge is 0.343 e. The van der Waals surface area contributed by atoms with E-state index in [9.17, 15) is 14.4 Å². The summed E-state index contributed by atoms with van der Waals surface area (Å²) in [6.07, 6.45) is 11.6. The van der Waals surface area contributed by atoms with Gasteiger partial charge in [-0.1, -0.05) is 19.3 Å². The second-order valence-electron chi connectivity index (χ2n) is 8.39. The van der Waals surface area contributed by atoms with Crippen molar-refractivity contribution >= 4 is 17.8 Å². The molecule has 2 saturated heterocycles. The maximum atomic E-state index is 12.7. The fourth-order valence-corrected chi connectivity index (χ4v) is 5.16. The summed E-state index contributed by atoms with van der Waals surface area (Å²) >= 11 is 0. The van der Waals surface area contributed by atoms with Gasteiger partial charge in [-0.15, -0.1) is 0 Å². The zero-order valence-corrected chi connectivity index (χ0v) is 16.1. The Kier molecular flexibility index (Phi) is 5.32. The fraction of sp³-hybridized carbons (Fsp3) is 0.737. The van der Waals surface area contributed by atoms with Crippen LogP contribution in [0.5, 0.6) is 0 Å². The number of nitrogens with one attached hydrogen (secondary N) is 2. The van der Waals surface area contributed by atoms with E-state index in [0.717, 1.165) is 19.4 Å². The minimum atomic E-state index is -0.750. The molecule has 1 aliphatic carbocycles. The SMILES string of the molecule is O=C1NC(=O)C(CC(=O)N2CCC(Cn3cncn3)(C3CCCCC3)CC2)N1. The molecule has 3 heterocycles. The molecule has 9 heteroatoms. The highest BCUT2D eigenvalue weighted by atomic mass is 16.2. The predicted molar refractivity (Wildman–Crippen MR) is 99.9 cm³/mol. The number of piperidine rings is 1. The van der Waals surface area contributed by atoms with Gasteiger partial charge in [0.1, 0.15) is 18.7 Å². The number of amides is 4. The maximum absolute atomic E-state index is 12.7. The Morgan fingerprint density at radius 2 is 1.93 bits per heavy atom. The van der Waals surface area contributed by atoms with Crippen LogP contribution in [0, 0.1) is 11.3 Å². The van der Waals surface area contributed by atoms with E-state index in [0.29, 0.717) is 19.0 Å². The van der Waals surface area contributed by atoms with Crippen molar-refractivity contribution in [2.45, 2.75) is 64.0 Å². The topological polar surface area (TPSA) is 109 Å². The molecular formula is C19H28N6O3. The number of rotatable bonds is 5. The van der Waals surface area contributed by atoms with E-state index in [1.807, 2.05) is 9.58 Å². The minimum absolute atomic E-state index is 0.0249. The molecule has 1 unspecified atom stereocenters. The summed E-state index contributed by atoms with van der Waals surface area (Å²) in [5, 5.41) is 9.01. The summed E-state index contributed by atoms with van der Waals surface area (Å²) in [5.41, 5.74) is 0.143. The minimum Gasteiger partial charge on any atom is -0.343 e. The van der Waals surface area contributed by atoms with Crippen LogP contribution < -0.4 is 10.6 Å². The van der Waals surface area contributed by atoms with Gasteiger partial charge in [-0.05, 0) is 37.0 Å². The Bertz CT molecular complexity index is 720. The molecule has 0 bridgehead atoms. The molecule has 1 aromatic heterocycles. The highest BCUT2D eigenvalue weighted by Crippen LogP contribution is 2.47. The molecule has 4 amide bonds. The highest BCUT2D eigenvalue weighted by molar-refractivity contribution is 6.05. The monoisotopic (exact) mass is 388 g/mol. The molecule has 4 rings (SSSR count). The highest BCUT2D eigenvalue weighted by Gasteiger charge is 2.43. The van der Waals surface area contributed by atoms with Crippen LogP contribution in [-0.2, 0) is 16.1 Å². The molecule has 152 valence electrons. The summed E-state index contributed by atoms with van der Waals surface area (Å²) in [7, 11) is 0. The van der Waals surface area contributed by atoms with Crippen molar-refractivity contribution in [1.29, 1.82) is 0 Å². The number of carbonyl (C=O) groups is 3. The van der Waals surface area contributed by atoms with Crippen molar-refractivity contribution in [1.82, 2.24) is 30.3 Å². The average molecular weight is 388 g/mol. The van der Waals surface area contributed by atoms with Gasteiger partial charge in [0.2, 0.25) is 5.91 Å². The normalized spacial score (nSPS) is 25.4. The average Bonchev–Trinajstić information content (AvgIpc) is 3.32. The Morgan fingerprint density at radius 1 is 1.18 bits per heavy atom.